The van der Waals surface area contributed by atoms with E-state index in [0.717, 1.165) is 18.8 Å². The molecule has 0 bridgehead atoms. The maximum Gasteiger partial charge on any atom is 0.119 e. The van der Waals surface area contributed by atoms with Crippen LogP contribution in [0, 0.1) is 11.8 Å². The number of allylic oxidation sites excluding steroid dienone is 3. The number of hydrogen-bond donors (Lipinski definition) is 1. The van der Waals surface area contributed by atoms with Crippen molar-refractivity contribution in [1.82, 2.24) is 4.90 Å². The van der Waals surface area contributed by atoms with Gasteiger partial charge in [0.1, 0.15) is 18.5 Å². The van der Waals surface area contributed by atoms with Crippen molar-refractivity contribution in [2.45, 2.75) is 12.5 Å². The van der Waals surface area contributed by atoms with Crippen molar-refractivity contribution in [3.63, 3.8) is 0 Å². The number of aliphatic hydroxyl groups excluding tert-OH is 1. The molecule has 1 aliphatic carbocycles. The predicted molar refractivity (Wildman–Crippen MR) is 91.5 cm³/mol. The zero-order chi connectivity index (χ0) is 14.5. The van der Waals surface area contributed by atoms with E-state index in [-0.39, 0.29) is 12.4 Å². The highest BCUT2D eigenvalue weighted by molar-refractivity contribution is 5.85. The van der Waals surface area contributed by atoms with Gasteiger partial charge in [-0.2, -0.15) is 0 Å². The Hall–Kier alpha value is -1.29. The quantitative estimate of drug-likeness (QED) is 0.905. The number of aliphatic hydroxyl groups is 1. The number of likely N-dealkylation sites (tertiary alicyclic amines) is 1. The standard InChI is InChI=1S/C18H23NO2.ClH/c20-17(14-21-18-8-2-1-3-9-18)13-19-11-10-15-6-4-5-7-16(15)12-19;/h1-9,15-17,20H,10-14H2;1H. The number of ether oxygens (including phenoxy) is 1. The number of nitrogens with zero attached hydrogens (tertiary/aromatic N) is 1. The first-order valence-electron chi connectivity index (χ1n) is 7.74. The van der Waals surface area contributed by atoms with Gasteiger partial charge in [-0.15, -0.1) is 12.4 Å². The average molecular weight is 322 g/mol. The van der Waals surface area contributed by atoms with Crippen LogP contribution in [0.5, 0.6) is 5.75 Å². The number of rotatable bonds is 5. The van der Waals surface area contributed by atoms with Crippen molar-refractivity contribution in [1.29, 1.82) is 0 Å². The number of piperidine rings is 1. The van der Waals surface area contributed by atoms with Crippen molar-refractivity contribution in [2.24, 2.45) is 11.8 Å². The smallest absolute Gasteiger partial charge is 0.119 e. The van der Waals surface area contributed by atoms with Gasteiger partial charge in [-0.3, -0.25) is 0 Å². The van der Waals surface area contributed by atoms with Gasteiger partial charge in [0.2, 0.25) is 0 Å². The molecule has 3 unspecified atom stereocenters. The summed E-state index contributed by atoms with van der Waals surface area (Å²) in [5.41, 5.74) is 0. The minimum Gasteiger partial charge on any atom is -0.491 e. The van der Waals surface area contributed by atoms with Gasteiger partial charge in [0.15, 0.2) is 0 Å². The fourth-order valence-corrected chi connectivity index (χ4v) is 3.15. The van der Waals surface area contributed by atoms with Crippen LogP contribution in [0.4, 0.5) is 0 Å². The second kappa shape index (κ2) is 8.37. The van der Waals surface area contributed by atoms with E-state index < -0.39 is 6.10 Å². The molecule has 3 nitrogen and oxygen atoms in total. The SMILES string of the molecule is Cl.OC(COc1ccccc1)CN1CCC2C=CC=CC2C1. The second-order valence-electron chi connectivity index (χ2n) is 5.92. The Morgan fingerprint density at radius 1 is 1.14 bits per heavy atom. The van der Waals surface area contributed by atoms with E-state index in [0.29, 0.717) is 25.0 Å². The summed E-state index contributed by atoms with van der Waals surface area (Å²) in [6.07, 6.45) is 9.64. The molecule has 1 aromatic rings. The van der Waals surface area contributed by atoms with Crippen LogP contribution in [0.3, 0.4) is 0 Å². The molecule has 0 amide bonds. The first-order valence-corrected chi connectivity index (χ1v) is 7.74. The molecule has 1 heterocycles. The van der Waals surface area contributed by atoms with Crippen molar-refractivity contribution >= 4 is 12.4 Å². The van der Waals surface area contributed by atoms with Crippen LogP contribution in [0.2, 0.25) is 0 Å². The number of para-hydroxylation sites is 1. The van der Waals surface area contributed by atoms with Crippen molar-refractivity contribution in [3.8, 4) is 5.75 Å². The van der Waals surface area contributed by atoms with Crippen molar-refractivity contribution < 1.29 is 9.84 Å². The van der Waals surface area contributed by atoms with E-state index in [1.165, 1.54) is 6.42 Å². The zero-order valence-corrected chi connectivity index (χ0v) is 13.5. The zero-order valence-electron chi connectivity index (χ0n) is 12.7. The molecular formula is C18H24ClNO2. The molecule has 0 saturated carbocycles. The Labute approximate surface area is 138 Å². The van der Waals surface area contributed by atoms with Crippen LogP contribution >= 0.6 is 12.4 Å². The van der Waals surface area contributed by atoms with Gasteiger partial charge in [0.25, 0.3) is 0 Å². The third-order valence-corrected chi connectivity index (χ3v) is 4.28. The minimum atomic E-state index is -0.440. The average Bonchev–Trinajstić information content (AvgIpc) is 2.54. The summed E-state index contributed by atoms with van der Waals surface area (Å²) in [5.74, 6) is 2.10. The molecular weight excluding hydrogens is 298 g/mol. The normalized spacial score (nSPS) is 25.1. The van der Waals surface area contributed by atoms with Gasteiger partial charge < -0.3 is 14.7 Å². The van der Waals surface area contributed by atoms with Gasteiger partial charge in [-0.25, -0.2) is 0 Å². The molecule has 1 N–H and O–H groups in total. The molecule has 0 radical (unpaired) electrons. The summed E-state index contributed by atoms with van der Waals surface area (Å²) in [6, 6.07) is 9.67. The molecule has 4 heteroatoms. The summed E-state index contributed by atoms with van der Waals surface area (Å²) in [7, 11) is 0. The van der Waals surface area contributed by atoms with Crippen LogP contribution in [0.25, 0.3) is 0 Å². The Morgan fingerprint density at radius 3 is 2.64 bits per heavy atom. The van der Waals surface area contributed by atoms with Gasteiger partial charge in [0, 0.05) is 13.1 Å². The summed E-state index contributed by atoms with van der Waals surface area (Å²) in [5, 5.41) is 10.2. The Bertz CT molecular complexity index is 503. The van der Waals surface area contributed by atoms with Crippen molar-refractivity contribution in [2.75, 3.05) is 26.2 Å². The maximum absolute atomic E-state index is 10.2. The first kappa shape index (κ1) is 17.1. The maximum atomic E-state index is 10.2. The van der Waals surface area contributed by atoms with Crippen LogP contribution < -0.4 is 4.74 Å². The molecule has 1 fully saturated rings. The Morgan fingerprint density at radius 2 is 1.86 bits per heavy atom. The van der Waals surface area contributed by atoms with Crippen LogP contribution in [0.1, 0.15) is 6.42 Å². The van der Waals surface area contributed by atoms with Gasteiger partial charge in [0.05, 0.1) is 0 Å². The lowest BCUT2D eigenvalue weighted by atomic mass is 9.82. The molecule has 3 rings (SSSR count). The third kappa shape index (κ3) is 4.60. The fraction of sp³-hybridized carbons (Fsp3) is 0.444. The fourth-order valence-electron chi connectivity index (χ4n) is 3.15. The van der Waals surface area contributed by atoms with E-state index in [2.05, 4.69) is 29.2 Å². The van der Waals surface area contributed by atoms with Gasteiger partial charge in [-0.1, -0.05) is 42.5 Å². The van der Waals surface area contributed by atoms with Crippen molar-refractivity contribution in [3.05, 3.63) is 54.6 Å². The molecule has 1 aliphatic heterocycles. The number of benzene rings is 1. The van der Waals surface area contributed by atoms with Crippen LogP contribution in [0.15, 0.2) is 54.6 Å². The van der Waals surface area contributed by atoms with Gasteiger partial charge >= 0.3 is 0 Å². The lowest BCUT2D eigenvalue weighted by Gasteiger charge is -2.37. The van der Waals surface area contributed by atoms with E-state index in [4.69, 9.17) is 4.74 Å². The Kier molecular flexibility index (Phi) is 6.49. The van der Waals surface area contributed by atoms with E-state index in [1.54, 1.807) is 0 Å². The highest BCUT2D eigenvalue weighted by Gasteiger charge is 2.27. The molecule has 0 aromatic heterocycles. The topological polar surface area (TPSA) is 32.7 Å². The molecule has 2 aliphatic rings. The first-order chi connectivity index (χ1) is 10.3. The Balaban J connectivity index is 0.00000176. The second-order valence-corrected chi connectivity index (χ2v) is 5.92. The number of hydrogen-bond acceptors (Lipinski definition) is 3. The minimum absolute atomic E-state index is 0. The van der Waals surface area contributed by atoms with Crippen LogP contribution in [-0.2, 0) is 0 Å². The molecule has 3 atom stereocenters. The highest BCUT2D eigenvalue weighted by atomic mass is 35.5. The third-order valence-electron chi connectivity index (χ3n) is 4.28. The van der Waals surface area contributed by atoms with E-state index >= 15 is 0 Å². The molecule has 0 spiro atoms. The molecule has 22 heavy (non-hydrogen) atoms. The summed E-state index contributed by atoms with van der Waals surface area (Å²) < 4.78 is 5.61. The van der Waals surface area contributed by atoms with E-state index in [9.17, 15) is 5.11 Å². The monoisotopic (exact) mass is 321 g/mol. The number of β-amino-alcohol motifs (C(OH)–C–C–N with tert-alkyl or cyclic N) is 1. The number of halogens is 1. The predicted octanol–water partition coefficient (Wildman–Crippen LogP) is 2.91. The summed E-state index contributed by atoms with van der Waals surface area (Å²) >= 11 is 0. The van der Waals surface area contributed by atoms with E-state index in [1.807, 2.05) is 30.3 Å². The summed E-state index contributed by atoms with van der Waals surface area (Å²) in [6.45, 7) is 3.13. The molecule has 1 aromatic carbocycles. The highest BCUT2D eigenvalue weighted by Crippen LogP contribution is 2.28. The largest absolute Gasteiger partial charge is 0.491 e. The molecule has 1 saturated heterocycles. The van der Waals surface area contributed by atoms with Gasteiger partial charge in [-0.05, 0) is 36.9 Å². The van der Waals surface area contributed by atoms with Crippen LogP contribution in [-0.4, -0.2) is 42.4 Å². The lowest BCUT2D eigenvalue weighted by molar-refractivity contribution is 0.0499. The lowest BCUT2D eigenvalue weighted by Crippen LogP contribution is -2.44. The molecule has 120 valence electrons. The number of fused-ring (bicyclic) bond motifs is 1. The summed E-state index contributed by atoms with van der Waals surface area (Å²) in [4.78, 5) is 2.35.